The first kappa shape index (κ1) is 16.0. The molecule has 114 valence electrons. The third kappa shape index (κ3) is 3.89. The second-order valence-corrected chi connectivity index (χ2v) is 6.58. The number of rotatable bonds is 3. The molecule has 0 atom stereocenters. The SMILES string of the molecule is O=C(N/N=C/c1ccc2ccccc2c1)c1cc(I)ccc1Cl. The zero-order valence-corrected chi connectivity index (χ0v) is 14.9. The van der Waals surface area contributed by atoms with Gasteiger partial charge in [-0.25, -0.2) is 5.43 Å². The summed E-state index contributed by atoms with van der Waals surface area (Å²) in [5, 5.41) is 6.71. The zero-order chi connectivity index (χ0) is 16.2. The third-order valence-corrected chi connectivity index (χ3v) is 4.33. The van der Waals surface area contributed by atoms with Gasteiger partial charge >= 0.3 is 0 Å². The molecule has 3 aromatic rings. The Morgan fingerprint density at radius 1 is 1.04 bits per heavy atom. The van der Waals surface area contributed by atoms with Crippen molar-refractivity contribution in [1.29, 1.82) is 0 Å². The normalized spacial score (nSPS) is 11.0. The number of carbonyl (C=O) groups excluding carboxylic acids is 1. The van der Waals surface area contributed by atoms with Gasteiger partial charge in [0.1, 0.15) is 0 Å². The van der Waals surface area contributed by atoms with Crippen molar-refractivity contribution >= 4 is 57.1 Å². The fourth-order valence-electron chi connectivity index (χ4n) is 2.19. The van der Waals surface area contributed by atoms with E-state index in [0.29, 0.717) is 10.6 Å². The van der Waals surface area contributed by atoms with Gasteiger partial charge in [0.05, 0.1) is 16.8 Å². The minimum atomic E-state index is -0.328. The van der Waals surface area contributed by atoms with Gasteiger partial charge in [0.2, 0.25) is 0 Å². The minimum absolute atomic E-state index is 0.328. The van der Waals surface area contributed by atoms with Gasteiger partial charge in [-0.3, -0.25) is 4.79 Å². The number of benzene rings is 3. The van der Waals surface area contributed by atoms with E-state index >= 15 is 0 Å². The van der Waals surface area contributed by atoms with E-state index in [1.807, 2.05) is 42.5 Å². The first-order valence-corrected chi connectivity index (χ1v) is 8.36. The fraction of sp³-hybridized carbons (Fsp3) is 0. The Kier molecular flexibility index (Phi) is 4.93. The Labute approximate surface area is 152 Å². The van der Waals surface area contributed by atoms with Crippen molar-refractivity contribution in [3.63, 3.8) is 0 Å². The highest BCUT2D eigenvalue weighted by atomic mass is 127. The number of halogens is 2. The van der Waals surface area contributed by atoms with Crippen LogP contribution in [0.4, 0.5) is 0 Å². The Bertz CT molecular complexity index is 908. The van der Waals surface area contributed by atoms with Crippen LogP contribution < -0.4 is 5.43 Å². The van der Waals surface area contributed by atoms with Gasteiger partial charge in [-0.1, -0.05) is 48.0 Å². The van der Waals surface area contributed by atoms with Crippen LogP contribution in [0.2, 0.25) is 5.02 Å². The van der Waals surface area contributed by atoms with E-state index in [1.54, 1.807) is 18.3 Å². The maximum absolute atomic E-state index is 12.1. The fourth-order valence-corrected chi connectivity index (χ4v) is 2.88. The number of fused-ring (bicyclic) bond motifs is 1. The number of amides is 1. The molecule has 0 aliphatic carbocycles. The topological polar surface area (TPSA) is 41.5 Å². The lowest BCUT2D eigenvalue weighted by molar-refractivity contribution is 0.0955. The van der Waals surface area contributed by atoms with Crippen molar-refractivity contribution < 1.29 is 4.79 Å². The van der Waals surface area contributed by atoms with E-state index in [9.17, 15) is 4.79 Å². The molecule has 5 heteroatoms. The summed E-state index contributed by atoms with van der Waals surface area (Å²) >= 11 is 8.17. The van der Waals surface area contributed by atoms with E-state index in [4.69, 9.17) is 11.6 Å². The highest BCUT2D eigenvalue weighted by Crippen LogP contribution is 2.18. The molecule has 0 aliphatic heterocycles. The van der Waals surface area contributed by atoms with E-state index in [0.717, 1.165) is 14.5 Å². The average molecular weight is 435 g/mol. The van der Waals surface area contributed by atoms with Gasteiger partial charge in [0, 0.05) is 3.57 Å². The number of carbonyl (C=O) groups is 1. The molecule has 3 nitrogen and oxygen atoms in total. The second kappa shape index (κ2) is 7.10. The maximum atomic E-state index is 12.1. The van der Waals surface area contributed by atoms with Crippen LogP contribution in [0.25, 0.3) is 10.8 Å². The summed E-state index contributed by atoms with van der Waals surface area (Å²) in [6, 6.07) is 19.3. The van der Waals surface area contributed by atoms with E-state index < -0.39 is 0 Å². The summed E-state index contributed by atoms with van der Waals surface area (Å²) in [6.07, 6.45) is 1.62. The Balaban J connectivity index is 1.74. The number of hydrogen-bond donors (Lipinski definition) is 1. The molecule has 0 aliphatic rings. The smallest absolute Gasteiger partial charge is 0.267 e. The first-order valence-electron chi connectivity index (χ1n) is 6.91. The molecular formula is C18H12ClIN2O. The molecule has 0 spiro atoms. The number of hydrogen-bond acceptors (Lipinski definition) is 2. The Hall–Kier alpha value is -1.92. The summed E-state index contributed by atoms with van der Waals surface area (Å²) in [5.41, 5.74) is 3.83. The predicted molar refractivity (Wildman–Crippen MR) is 103 cm³/mol. The van der Waals surface area contributed by atoms with Crippen molar-refractivity contribution in [2.75, 3.05) is 0 Å². The van der Waals surface area contributed by atoms with Crippen LogP contribution >= 0.6 is 34.2 Å². The van der Waals surface area contributed by atoms with Crippen LogP contribution in [0.5, 0.6) is 0 Å². The van der Waals surface area contributed by atoms with Gasteiger partial charge in [-0.15, -0.1) is 0 Å². The van der Waals surface area contributed by atoms with Crippen molar-refractivity contribution in [2.45, 2.75) is 0 Å². The zero-order valence-electron chi connectivity index (χ0n) is 12.0. The lowest BCUT2D eigenvalue weighted by Crippen LogP contribution is -2.18. The number of nitrogens with zero attached hydrogens (tertiary/aromatic N) is 1. The first-order chi connectivity index (χ1) is 11.1. The van der Waals surface area contributed by atoms with E-state index in [1.165, 1.54) is 5.39 Å². The lowest BCUT2D eigenvalue weighted by Gasteiger charge is -2.03. The molecule has 0 heterocycles. The Morgan fingerprint density at radius 2 is 1.83 bits per heavy atom. The molecule has 0 saturated carbocycles. The van der Waals surface area contributed by atoms with E-state index in [2.05, 4.69) is 39.2 Å². The molecule has 1 N–H and O–H groups in total. The molecule has 1 amide bonds. The summed E-state index contributed by atoms with van der Waals surface area (Å²) < 4.78 is 0.940. The quantitative estimate of drug-likeness (QED) is 0.357. The molecule has 0 saturated heterocycles. The second-order valence-electron chi connectivity index (χ2n) is 4.93. The summed E-state index contributed by atoms with van der Waals surface area (Å²) in [6.45, 7) is 0. The molecule has 0 bridgehead atoms. The average Bonchev–Trinajstić information content (AvgIpc) is 2.57. The summed E-state index contributed by atoms with van der Waals surface area (Å²) in [4.78, 5) is 12.1. The van der Waals surface area contributed by atoms with Crippen molar-refractivity contribution in [2.24, 2.45) is 5.10 Å². The van der Waals surface area contributed by atoms with Crippen LogP contribution in [0.1, 0.15) is 15.9 Å². The number of hydrazone groups is 1. The van der Waals surface area contributed by atoms with Crippen LogP contribution in [0.3, 0.4) is 0 Å². The van der Waals surface area contributed by atoms with Crippen LogP contribution in [-0.2, 0) is 0 Å². The Morgan fingerprint density at radius 3 is 2.65 bits per heavy atom. The van der Waals surface area contributed by atoms with Crippen LogP contribution in [0, 0.1) is 3.57 Å². The molecule has 23 heavy (non-hydrogen) atoms. The molecule has 3 aromatic carbocycles. The van der Waals surface area contributed by atoms with Crippen molar-refractivity contribution in [3.8, 4) is 0 Å². The van der Waals surface area contributed by atoms with Crippen molar-refractivity contribution in [3.05, 3.63) is 80.4 Å². The van der Waals surface area contributed by atoms with Crippen LogP contribution in [-0.4, -0.2) is 12.1 Å². The highest BCUT2D eigenvalue weighted by molar-refractivity contribution is 14.1. The molecule has 0 radical (unpaired) electrons. The van der Waals surface area contributed by atoms with Gasteiger partial charge in [-0.2, -0.15) is 5.10 Å². The van der Waals surface area contributed by atoms with Crippen LogP contribution in [0.15, 0.2) is 65.8 Å². The monoisotopic (exact) mass is 434 g/mol. The molecular weight excluding hydrogens is 423 g/mol. The summed E-state index contributed by atoms with van der Waals surface area (Å²) in [7, 11) is 0. The molecule has 0 fully saturated rings. The number of nitrogens with one attached hydrogen (secondary N) is 1. The lowest BCUT2D eigenvalue weighted by atomic mass is 10.1. The van der Waals surface area contributed by atoms with Gasteiger partial charge in [0.25, 0.3) is 5.91 Å². The highest BCUT2D eigenvalue weighted by Gasteiger charge is 2.09. The van der Waals surface area contributed by atoms with Gasteiger partial charge < -0.3 is 0 Å². The van der Waals surface area contributed by atoms with Gasteiger partial charge in [-0.05, 0) is 63.2 Å². The minimum Gasteiger partial charge on any atom is -0.267 e. The maximum Gasteiger partial charge on any atom is 0.272 e. The standard InChI is InChI=1S/C18H12ClIN2O/c19-17-8-7-15(20)10-16(17)18(23)22-21-11-12-5-6-13-3-1-2-4-14(13)9-12/h1-11H,(H,22,23)/b21-11+. The van der Waals surface area contributed by atoms with E-state index in [-0.39, 0.29) is 5.91 Å². The van der Waals surface area contributed by atoms with Gasteiger partial charge in [0.15, 0.2) is 0 Å². The largest absolute Gasteiger partial charge is 0.272 e. The molecule has 0 aromatic heterocycles. The third-order valence-electron chi connectivity index (χ3n) is 3.33. The molecule has 3 rings (SSSR count). The molecule has 0 unspecified atom stereocenters. The van der Waals surface area contributed by atoms with Crippen molar-refractivity contribution in [1.82, 2.24) is 5.43 Å². The predicted octanol–water partition coefficient (Wildman–Crippen LogP) is 4.86. The summed E-state index contributed by atoms with van der Waals surface area (Å²) in [5.74, 6) is -0.328.